The van der Waals surface area contributed by atoms with Crippen molar-refractivity contribution in [3.05, 3.63) is 34.9 Å². The molecule has 5 heteroatoms. The number of aliphatic hydroxyl groups excluding tert-OH is 1. The van der Waals surface area contributed by atoms with Crippen LogP contribution in [-0.2, 0) is 4.79 Å². The van der Waals surface area contributed by atoms with Gasteiger partial charge in [0.1, 0.15) is 0 Å². The monoisotopic (exact) mass is 274 g/mol. The molecule has 0 atom stereocenters. The highest BCUT2D eigenvalue weighted by Crippen LogP contribution is 2.09. The number of hydrogen-bond donors (Lipinski definition) is 3. The summed E-state index contributed by atoms with van der Waals surface area (Å²) in [6, 6.07) is 5.29. The summed E-state index contributed by atoms with van der Waals surface area (Å²) in [5.74, 6) is 4.98. The second-order valence-electron chi connectivity index (χ2n) is 4.34. The Morgan fingerprint density at radius 3 is 2.75 bits per heavy atom. The van der Waals surface area contributed by atoms with Crippen LogP contribution in [0.15, 0.2) is 18.2 Å². The van der Waals surface area contributed by atoms with E-state index in [1.807, 2.05) is 13.0 Å². The van der Waals surface area contributed by atoms with Crippen LogP contribution in [0.25, 0.3) is 0 Å². The molecule has 0 saturated heterocycles. The molecule has 0 radical (unpaired) electrons. The van der Waals surface area contributed by atoms with E-state index in [1.165, 1.54) is 0 Å². The Labute approximate surface area is 118 Å². The molecule has 0 aliphatic rings. The van der Waals surface area contributed by atoms with Gasteiger partial charge in [-0.15, -0.1) is 0 Å². The van der Waals surface area contributed by atoms with Gasteiger partial charge in [0.2, 0.25) is 5.91 Å². The van der Waals surface area contributed by atoms with Crippen molar-refractivity contribution in [2.45, 2.75) is 19.8 Å². The molecule has 20 heavy (non-hydrogen) atoms. The Morgan fingerprint density at radius 2 is 2.10 bits per heavy atom. The average Bonchev–Trinajstić information content (AvgIpc) is 2.38. The van der Waals surface area contributed by atoms with Gasteiger partial charge in [0, 0.05) is 30.5 Å². The number of carbonyl (C=O) groups is 2. The van der Waals surface area contributed by atoms with Crippen molar-refractivity contribution >= 4 is 11.8 Å². The number of hydrogen-bond acceptors (Lipinski definition) is 3. The van der Waals surface area contributed by atoms with Crippen molar-refractivity contribution < 1.29 is 14.7 Å². The van der Waals surface area contributed by atoms with E-state index in [2.05, 4.69) is 17.2 Å². The van der Waals surface area contributed by atoms with Crippen molar-refractivity contribution in [3.63, 3.8) is 0 Å². The molecule has 1 rings (SSSR count). The number of aryl methyl sites for hydroxylation is 1. The van der Waals surface area contributed by atoms with Crippen molar-refractivity contribution in [1.29, 1.82) is 0 Å². The number of primary amides is 1. The summed E-state index contributed by atoms with van der Waals surface area (Å²) in [6.45, 7) is 2.10. The topological polar surface area (TPSA) is 92.4 Å². The average molecular weight is 274 g/mol. The van der Waals surface area contributed by atoms with Crippen molar-refractivity contribution in [1.82, 2.24) is 5.32 Å². The molecule has 0 fully saturated rings. The normalized spacial score (nSPS) is 9.50. The van der Waals surface area contributed by atoms with Crippen LogP contribution in [0.1, 0.15) is 34.3 Å². The fourth-order valence-corrected chi connectivity index (χ4v) is 1.61. The van der Waals surface area contributed by atoms with Crippen LogP contribution in [0.2, 0.25) is 0 Å². The molecule has 0 saturated carbocycles. The van der Waals surface area contributed by atoms with Crippen LogP contribution in [0.5, 0.6) is 0 Å². The van der Waals surface area contributed by atoms with Crippen molar-refractivity contribution in [3.8, 4) is 11.8 Å². The second kappa shape index (κ2) is 7.97. The van der Waals surface area contributed by atoms with Gasteiger partial charge in [-0.1, -0.05) is 11.8 Å². The zero-order chi connectivity index (χ0) is 15.0. The lowest BCUT2D eigenvalue weighted by atomic mass is 10.1. The van der Waals surface area contributed by atoms with Gasteiger partial charge < -0.3 is 16.2 Å². The maximum atomic E-state index is 11.9. The summed E-state index contributed by atoms with van der Waals surface area (Å²) in [5.41, 5.74) is 7.13. The van der Waals surface area contributed by atoms with E-state index >= 15 is 0 Å². The summed E-state index contributed by atoms with van der Waals surface area (Å²) in [5, 5.41) is 11.3. The SMILES string of the molecule is Cc1cc(C#CCCO)cc(C(=O)NCCC(N)=O)c1. The van der Waals surface area contributed by atoms with Crippen LogP contribution in [0.3, 0.4) is 0 Å². The highest BCUT2D eigenvalue weighted by Gasteiger charge is 2.07. The van der Waals surface area contributed by atoms with E-state index in [9.17, 15) is 9.59 Å². The van der Waals surface area contributed by atoms with Crippen LogP contribution in [-0.4, -0.2) is 30.1 Å². The number of nitrogens with two attached hydrogens (primary N) is 1. The number of carbonyl (C=O) groups excluding carboxylic acids is 2. The third-order valence-electron chi connectivity index (χ3n) is 2.47. The molecule has 0 unspecified atom stereocenters. The summed E-state index contributed by atoms with van der Waals surface area (Å²) >= 11 is 0. The van der Waals surface area contributed by atoms with Crippen molar-refractivity contribution in [2.75, 3.05) is 13.2 Å². The summed E-state index contributed by atoms with van der Waals surface area (Å²) in [7, 11) is 0. The van der Waals surface area contributed by atoms with Crippen LogP contribution >= 0.6 is 0 Å². The van der Waals surface area contributed by atoms with Gasteiger partial charge >= 0.3 is 0 Å². The number of nitrogens with one attached hydrogen (secondary N) is 1. The smallest absolute Gasteiger partial charge is 0.251 e. The van der Waals surface area contributed by atoms with E-state index in [0.717, 1.165) is 11.1 Å². The Bertz CT molecular complexity index is 556. The Balaban J connectivity index is 2.77. The highest BCUT2D eigenvalue weighted by molar-refractivity contribution is 5.95. The minimum atomic E-state index is -0.454. The van der Waals surface area contributed by atoms with Gasteiger partial charge in [0.15, 0.2) is 0 Å². The highest BCUT2D eigenvalue weighted by atomic mass is 16.2. The minimum Gasteiger partial charge on any atom is -0.395 e. The first-order valence-electron chi connectivity index (χ1n) is 6.31. The fraction of sp³-hybridized carbons (Fsp3) is 0.333. The zero-order valence-corrected chi connectivity index (χ0v) is 11.4. The van der Waals surface area contributed by atoms with Gasteiger partial charge in [0.05, 0.1) is 6.61 Å². The number of benzene rings is 1. The van der Waals surface area contributed by atoms with Crippen LogP contribution < -0.4 is 11.1 Å². The molecule has 1 aromatic carbocycles. The minimum absolute atomic E-state index is 0.0132. The second-order valence-corrected chi connectivity index (χ2v) is 4.34. The van der Waals surface area contributed by atoms with Crippen molar-refractivity contribution in [2.24, 2.45) is 5.73 Å². The molecule has 0 heterocycles. The standard InChI is InChI=1S/C15H18N2O3/c1-11-8-12(4-2-3-7-18)10-13(9-11)15(20)17-6-5-14(16)19/h8-10,18H,3,5-7H2,1H3,(H2,16,19)(H,17,20). The van der Waals surface area contributed by atoms with E-state index in [4.69, 9.17) is 10.8 Å². The third kappa shape index (κ3) is 5.55. The number of aliphatic hydroxyl groups is 1. The molecule has 1 aromatic rings. The van der Waals surface area contributed by atoms with E-state index in [1.54, 1.807) is 12.1 Å². The summed E-state index contributed by atoms with van der Waals surface area (Å²) < 4.78 is 0. The third-order valence-corrected chi connectivity index (χ3v) is 2.47. The lowest BCUT2D eigenvalue weighted by molar-refractivity contribution is -0.117. The first-order chi connectivity index (χ1) is 9.52. The summed E-state index contributed by atoms with van der Waals surface area (Å²) in [4.78, 5) is 22.5. The predicted molar refractivity (Wildman–Crippen MR) is 75.9 cm³/mol. The van der Waals surface area contributed by atoms with Gasteiger partial charge in [-0.2, -0.15) is 0 Å². The molecular weight excluding hydrogens is 256 g/mol. The molecule has 0 aliphatic carbocycles. The lowest BCUT2D eigenvalue weighted by Crippen LogP contribution is -2.27. The first-order valence-corrected chi connectivity index (χ1v) is 6.31. The van der Waals surface area contributed by atoms with Gasteiger partial charge in [-0.05, 0) is 30.7 Å². The lowest BCUT2D eigenvalue weighted by Gasteiger charge is -2.05. The zero-order valence-electron chi connectivity index (χ0n) is 11.4. The molecule has 0 aromatic heterocycles. The molecular formula is C15H18N2O3. The van der Waals surface area contributed by atoms with Gasteiger partial charge in [-0.25, -0.2) is 0 Å². The van der Waals surface area contributed by atoms with E-state index < -0.39 is 5.91 Å². The Kier molecular flexibility index (Phi) is 6.27. The molecule has 0 aliphatic heterocycles. The maximum Gasteiger partial charge on any atom is 0.251 e. The molecule has 106 valence electrons. The van der Waals surface area contributed by atoms with E-state index in [-0.39, 0.29) is 25.5 Å². The van der Waals surface area contributed by atoms with Crippen LogP contribution in [0.4, 0.5) is 0 Å². The molecule has 2 amide bonds. The Morgan fingerprint density at radius 1 is 1.35 bits per heavy atom. The van der Waals surface area contributed by atoms with Gasteiger partial charge in [-0.3, -0.25) is 9.59 Å². The molecule has 0 bridgehead atoms. The predicted octanol–water partition coefficient (Wildman–Crippen LogP) is 0.334. The van der Waals surface area contributed by atoms with E-state index in [0.29, 0.717) is 12.0 Å². The molecule has 5 nitrogen and oxygen atoms in total. The summed E-state index contributed by atoms with van der Waals surface area (Å²) in [6.07, 6.45) is 0.509. The maximum absolute atomic E-state index is 11.9. The quantitative estimate of drug-likeness (QED) is 0.676. The largest absolute Gasteiger partial charge is 0.395 e. The first kappa shape index (κ1) is 15.7. The molecule has 0 spiro atoms. The molecule has 4 N–H and O–H groups in total. The number of rotatable bonds is 5. The fourth-order valence-electron chi connectivity index (χ4n) is 1.61. The Hall–Kier alpha value is -2.32. The van der Waals surface area contributed by atoms with Gasteiger partial charge in [0.25, 0.3) is 5.91 Å². The van der Waals surface area contributed by atoms with Crippen LogP contribution in [0, 0.1) is 18.8 Å². The number of amides is 2.